The SMILES string of the molecule is Cc1ccccc1OCC(=O)N1CCCOC1C. The van der Waals surface area contributed by atoms with Gasteiger partial charge in [0.2, 0.25) is 0 Å². The smallest absolute Gasteiger partial charge is 0.262 e. The molecule has 98 valence electrons. The first kappa shape index (κ1) is 12.9. The highest BCUT2D eigenvalue weighted by molar-refractivity contribution is 5.78. The summed E-state index contributed by atoms with van der Waals surface area (Å²) in [5.74, 6) is 0.738. The van der Waals surface area contributed by atoms with Gasteiger partial charge >= 0.3 is 0 Å². The summed E-state index contributed by atoms with van der Waals surface area (Å²) < 4.78 is 11.0. The lowest BCUT2D eigenvalue weighted by Crippen LogP contribution is -2.46. The van der Waals surface area contributed by atoms with Gasteiger partial charge in [0, 0.05) is 6.54 Å². The minimum atomic E-state index is -0.147. The largest absolute Gasteiger partial charge is 0.483 e. The lowest BCUT2D eigenvalue weighted by atomic mass is 10.2. The zero-order valence-electron chi connectivity index (χ0n) is 10.9. The van der Waals surface area contributed by atoms with Crippen LogP contribution in [0.2, 0.25) is 0 Å². The molecule has 1 heterocycles. The average molecular weight is 249 g/mol. The second-order valence-electron chi connectivity index (χ2n) is 4.46. The summed E-state index contributed by atoms with van der Waals surface area (Å²) in [6.45, 7) is 5.40. The monoisotopic (exact) mass is 249 g/mol. The molecule has 0 spiro atoms. The van der Waals surface area contributed by atoms with Crippen molar-refractivity contribution in [1.29, 1.82) is 0 Å². The van der Waals surface area contributed by atoms with Crippen LogP contribution >= 0.6 is 0 Å². The Labute approximate surface area is 107 Å². The molecular formula is C14H19NO3. The van der Waals surface area contributed by atoms with E-state index >= 15 is 0 Å². The summed E-state index contributed by atoms with van der Waals surface area (Å²) in [6, 6.07) is 7.69. The van der Waals surface area contributed by atoms with Crippen LogP contribution in [0.5, 0.6) is 5.75 Å². The zero-order valence-corrected chi connectivity index (χ0v) is 10.9. The molecule has 2 rings (SSSR count). The van der Waals surface area contributed by atoms with E-state index in [9.17, 15) is 4.79 Å². The molecule has 0 bridgehead atoms. The highest BCUT2D eigenvalue weighted by Gasteiger charge is 2.23. The second-order valence-corrected chi connectivity index (χ2v) is 4.46. The number of carbonyl (C=O) groups excluding carboxylic acids is 1. The van der Waals surface area contributed by atoms with E-state index in [-0.39, 0.29) is 18.7 Å². The molecule has 4 nitrogen and oxygen atoms in total. The standard InChI is InChI=1S/C14H19NO3/c1-11-6-3-4-7-13(11)18-10-14(16)15-8-5-9-17-12(15)2/h3-4,6-7,12H,5,8-10H2,1-2H3. The van der Waals surface area contributed by atoms with Gasteiger partial charge in [0.1, 0.15) is 12.0 Å². The van der Waals surface area contributed by atoms with Gasteiger partial charge in [-0.2, -0.15) is 0 Å². The predicted octanol–water partition coefficient (Wildman–Crippen LogP) is 1.97. The van der Waals surface area contributed by atoms with Crippen molar-refractivity contribution < 1.29 is 14.3 Å². The normalized spacial score (nSPS) is 19.7. The van der Waals surface area contributed by atoms with Crippen LogP contribution in [0.1, 0.15) is 18.9 Å². The highest BCUT2D eigenvalue weighted by atomic mass is 16.5. The van der Waals surface area contributed by atoms with Crippen molar-refractivity contribution >= 4 is 5.91 Å². The molecule has 1 atom stereocenters. The highest BCUT2D eigenvalue weighted by Crippen LogP contribution is 2.17. The molecule has 1 saturated heterocycles. The molecule has 1 aromatic carbocycles. The Morgan fingerprint density at radius 1 is 1.50 bits per heavy atom. The molecule has 1 aromatic rings. The maximum atomic E-state index is 12.0. The summed E-state index contributed by atoms with van der Waals surface area (Å²) in [7, 11) is 0. The van der Waals surface area contributed by atoms with Crippen LogP contribution in [0, 0.1) is 6.92 Å². The van der Waals surface area contributed by atoms with Crippen LogP contribution in [0.15, 0.2) is 24.3 Å². The van der Waals surface area contributed by atoms with Crippen molar-refractivity contribution in [3.63, 3.8) is 0 Å². The molecule has 1 fully saturated rings. The van der Waals surface area contributed by atoms with Crippen LogP contribution < -0.4 is 4.74 Å². The van der Waals surface area contributed by atoms with Gasteiger partial charge in [0.05, 0.1) is 6.61 Å². The third-order valence-corrected chi connectivity index (χ3v) is 3.11. The topological polar surface area (TPSA) is 38.8 Å². The van der Waals surface area contributed by atoms with Crippen molar-refractivity contribution in [3.05, 3.63) is 29.8 Å². The third-order valence-electron chi connectivity index (χ3n) is 3.11. The molecule has 0 saturated carbocycles. The van der Waals surface area contributed by atoms with Crippen LogP contribution in [0.3, 0.4) is 0 Å². The van der Waals surface area contributed by atoms with E-state index in [0.29, 0.717) is 0 Å². The lowest BCUT2D eigenvalue weighted by Gasteiger charge is -2.33. The molecule has 0 radical (unpaired) electrons. The van der Waals surface area contributed by atoms with Gasteiger partial charge in [-0.15, -0.1) is 0 Å². The van der Waals surface area contributed by atoms with Crippen LogP contribution in [0.4, 0.5) is 0 Å². The van der Waals surface area contributed by atoms with Gasteiger partial charge in [-0.05, 0) is 31.9 Å². The number of hydrogen-bond acceptors (Lipinski definition) is 3. The number of para-hydroxylation sites is 1. The minimum absolute atomic E-state index is 0.0227. The third kappa shape index (κ3) is 3.01. The minimum Gasteiger partial charge on any atom is -0.483 e. The molecule has 1 aliphatic heterocycles. The first-order chi connectivity index (χ1) is 8.68. The molecule has 1 aliphatic rings. The van der Waals surface area contributed by atoms with Crippen LogP contribution in [-0.4, -0.2) is 36.8 Å². The van der Waals surface area contributed by atoms with E-state index in [2.05, 4.69) is 0 Å². The fourth-order valence-corrected chi connectivity index (χ4v) is 2.03. The van der Waals surface area contributed by atoms with Crippen LogP contribution in [0.25, 0.3) is 0 Å². The van der Waals surface area contributed by atoms with E-state index in [4.69, 9.17) is 9.47 Å². The number of aryl methyl sites for hydroxylation is 1. The van der Waals surface area contributed by atoms with Crippen molar-refractivity contribution in [2.75, 3.05) is 19.8 Å². The number of nitrogens with zero attached hydrogens (tertiary/aromatic N) is 1. The number of amides is 1. The Morgan fingerprint density at radius 2 is 2.28 bits per heavy atom. The second kappa shape index (κ2) is 5.87. The molecule has 1 unspecified atom stereocenters. The van der Waals surface area contributed by atoms with Gasteiger partial charge in [0.15, 0.2) is 6.61 Å². The van der Waals surface area contributed by atoms with Crippen molar-refractivity contribution in [2.24, 2.45) is 0 Å². The van der Waals surface area contributed by atoms with Gasteiger partial charge in [-0.3, -0.25) is 4.79 Å². The number of benzene rings is 1. The predicted molar refractivity (Wildman–Crippen MR) is 68.4 cm³/mol. The number of rotatable bonds is 3. The van der Waals surface area contributed by atoms with Gasteiger partial charge in [0.25, 0.3) is 5.91 Å². The quantitative estimate of drug-likeness (QED) is 0.822. The van der Waals surface area contributed by atoms with E-state index in [1.54, 1.807) is 4.90 Å². The number of carbonyl (C=O) groups is 1. The fraction of sp³-hybridized carbons (Fsp3) is 0.500. The lowest BCUT2D eigenvalue weighted by molar-refractivity contribution is -0.154. The summed E-state index contributed by atoms with van der Waals surface area (Å²) in [5.41, 5.74) is 1.04. The van der Waals surface area contributed by atoms with E-state index in [0.717, 1.165) is 30.9 Å². The Balaban J connectivity index is 1.90. The maximum Gasteiger partial charge on any atom is 0.262 e. The summed E-state index contributed by atoms with van der Waals surface area (Å²) >= 11 is 0. The number of hydrogen-bond donors (Lipinski definition) is 0. The Kier molecular flexibility index (Phi) is 4.20. The van der Waals surface area contributed by atoms with Gasteiger partial charge < -0.3 is 14.4 Å². The van der Waals surface area contributed by atoms with E-state index < -0.39 is 0 Å². The van der Waals surface area contributed by atoms with Gasteiger partial charge in [-0.1, -0.05) is 18.2 Å². The molecular weight excluding hydrogens is 230 g/mol. The first-order valence-electron chi connectivity index (χ1n) is 6.28. The van der Waals surface area contributed by atoms with E-state index in [1.807, 2.05) is 38.1 Å². The molecule has 4 heteroatoms. The van der Waals surface area contributed by atoms with Crippen molar-refractivity contribution in [2.45, 2.75) is 26.5 Å². The Bertz CT molecular complexity index is 419. The van der Waals surface area contributed by atoms with Gasteiger partial charge in [-0.25, -0.2) is 0 Å². The first-order valence-corrected chi connectivity index (χ1v) is 6.28. The zero-order chi connectivity index (χ0) is 13.0. The maximum absolute atomic E-state index is 12.0. The molecule has 0 N–H and O–H groups in total. The Morgan fingerprint density at radius 3 is 3.00 bits per heavy atom. The summed E-state index contributed by atoms with van der Waals surface area (Å²) in [4.78, 5) is 13.7. The van der Waals surface area contributed by atoms with Crippen LogP contribution in [-0.2, 0) is 9.53 Å². The average Bonchev–Trinajstić information content (AvgIpc) is 2.38. The molecule has 0 aliphatic carbocycles. The molecule has 18 heavy (non-hydrogen) atoms. The fourth-order valence-electron chi connectivity index (χ4n) is 2.03. The van der Waals surface area contributed by atoms with Crippen molar-refractivity contribution in [3.8, 4) is 5.75 Å². The Hall–Kier alpha value is -1.55. The number of ether oxygens (including phenoxy) is 2. The molecule has 0 aromatic heterocycles. The van der Waals surface area contributed by atoms with E-state index in [1.165, 1.54) is 0 Å². The van der Waals surface area contributed by atoms with Crippen molar-refractivity contribution in [1.82, 2.24) is 4.90 Å². The summed E-state index contributed by atoms with van der Waals surface area (Å²) in [6.07, 6.45) is 0.743. The summed E-state index contributed by atoms with van der Waals surface area (Å²) in [5, 5.41) is 0. The molecule has 1 amide bonds.